The highest BCUT2D eigenvalue weighted by atomic mass is 35.5. The molecule has 0 aliphatic rings. The third-order valence-corrected chi connectivity index (χ3v) is 2.38. The molecule has 0 spiro atoms. The van der Waals surface area contributed by atoms with Gasteiger partial charge in [0.1, 0.15) is 11.8 Å². The minimum absolute atomic E-state index is 0.0265. The Morgan fingerprint density at radius 2 is 2.12 bits per heavy atom. The van der Waals surface area contributed by atoms with Crippen LogP contribution in [0.5, 0.6) is 5.75 Å². The third kappa shape index (κ3) is 3.96. The number of benzene rings is 1. The zero-order valence-corrected chi connectivity index (χ0v) is 9.86. The lowest BCUT2D eigenvalue weighted by atomic mass is 10.0. The highest BCUT2D eigenvalue weighted by Crippen LogP contribution is 2.22. The highest BCUT2D eigenvalue weighted by Gasteiger charge is 2.20. The summed E-state index contributed by atoms with van der Waals surface area (Å²) in [5.41, 5.74) is 0.374. The minimum Gasteiger partial charge on any atom is -0.508 e. The van der Waals surface area contributed by atoms with Crippen molar-refractivity contribution in [2.24, 2.45) is 0 Å². The standard InChI is InChI=1S/C11H12ClNO4/c1-6(14)13-9(11(16)17)5-7-4-8(12)2-3-10(7)15/h2-4,9,15H,5H2,1H3,(H,13,14)(H,16,17). The first-order valence-corrected chi connectivity index (χ1v) is 5.25. The number of halogens is 1. The highest BCUT2D eigenvalue weighted by molar-refractivity contribution is 6.30. The molecule has 0 aliphatic carbocycles. The van der Waals surface area contributed by atoms with Crippen LogP contribution in [0, 0.1) is 0 Å². The van der Waals surface area contributed by atoms with Crippen LogP contribution in [0.4, 0.5) is 0 Å². The quantitative estimate of drug-likeness (QED) is 0.756. The Morgan fingerprint density at radius 3 is 2.65 bits per heavy atom. The van der Waals surface area contributed by atoms with Crippen LogP contribution in [-0.2, 0) is 16.0 Å². The first-order valence-electron chi connectivity index (χ1n) is 4.87. The predicted octanol–water partition coefficient (Wildman–Crippen LogP) is 1.18. The van der Waals surface area contributed by atoms with Gasteiger partial charge in [-0.3, -0.25) is 4.79 Å². The summed E-state index contributed by atoms with van der Waals surface area (Å²) in [5.74, 6) is -1.66. The van der Waals surface area contributed by atoms with Crippen LogP contribution >= 0.6 is 11.6 Å². The van der Waals surface area contributed by atoms with Gasteiger partial charge in [-0.25, -0.2) is 4.79 Å². The molecule has 3 N–H and O–H groups in total. The summed E-state index contributed by atoms with van der Waals surface area (Å²) in [4.78, 5) is 21.7. The van der Waals surface area contributed by atoms with Gasteiger partial charge in [-0.15, -0.1) is 0 Å². The molecule has 1 atom stereocenters. The summed E-state index contributed by atoms with van der Waals surface area (Å²) in [7, 11) is 0. The molecule has 0 saturated heterocycles. The van der Waals surface area contributed by atoms with E-state index in [1.165, 1.54) is 25.1 Å². The number of carboxylic acids is 1. The Hall–Kier alpha value is -1.75. The van der Waals surface area contributed by atoms with Crippen LogP contribution < -0.4 is 5.32 Å². The number of phenolic OH excluding ortho intramolecular Hbond substituents is 1. The average Bonchev–Trinajstić information content (AvgIpc) is 2.21. The van der Waals surface area contributed by atoms with Crippen LogP contribution in [0.2, 0.25) is 5.02 Å². The Balaban J connectivity index is 2.89. The van der Waals surface area contributed by atoms with Crippen molar-refractivity contribution in [3.63, 3.8) is 0 Å². The zero-order valence-electron chi connectivity index (χ0n) is 9.11. The Labute approximate surface area is 103 Å². The van der Waals surface area contributed by atoms with Gasteiger partial charge in [-0.2, -0.15) is 0 Å². The van der Waals surface area contributed by atoms with E-state index >= 15 is 0 Å². The molecule has 0 aliphatic heterocycles. The molecule has 1 rings (SSSR count). The van der Waals surface area contributed by atoms with E-state index in [2.05, 4.69) is 5.32 Å². The van der Waals surface area contributed by atoms with E-state index in [4.69, 9.17) is 16.7 Å². The van der Waals surface area contributed by atoms with Crippen LogP contribution in [0.3, 0.4) is 0 Å². The van der Waals surface area contributed by atoms with Gasteiger partial charge in [0.25, 0.3) is 0 Å². The topological polar surface area (TPSA) is 86.6 Å². The molecular weight excluding hydrogens is 246 g/mol. The Bertz CT molecular complexity index is 447. The molecule has 1 amide bonds. The molecule has 0 saturated carbocycles. The normalized spacial score (nSPS) is 11.9. The lowest BCUT2D eigenvalue weighted by Gasteiger charge is -2.14. The van der Waals surface area contributed by atoms with Gasteiger partial charge in [-0.1, -0.05) is 11.6 Å². The van der Waals surface area contributed by atoms with Crippen molar-refractivity contribution in [3.05, 3.63) is 28.8 Å². The Morgan fingerprint density at radius 1 is 1.47 bits per heavy atom. The summed E-state index contributed by atoms with van der Waals surface area (Å²) in [6.07, 6.45) is -0.0265. The van der Waals surface area contributed by atoms with Gasteiger partial charge in [0.05, 0.1) is 0 Å². The number of aromatic hydroxyl groups is 1. The van der Waals surface area contributed by atoms with E-state index in [-0.39, 0.29) is 12.2 Å². The lowest BCUT2D eigenvalue weighted by Crippen LogP contribution is -2.41. The maximum atomic E-state index is 10.9. The molecule has 0 radical (unpaired) electrons. The molecule has 0 fully saturated rings. The Kier molecular flexibility index (Phi) is 4.34. The number of carboxylic acid groups (broad SMARTS) is 1. The molecule has 1 aromatic carbocycles. The van der Waals surface area contributed by atoms with Crippen molar-refractivity contribution in [1.82, 2.24) is 5.32 Å². The predicted molar refractivity (Wildman–Crippen MR) is 62.1 cm³/mol. The van der Waals surface area contributed by atoms with E-state index in [1.807, 2.05) is 0 Å². The first-order chi connectivity index (χ1) is 7.90. The molecule has 17 heavy (non-hydrogen) atoms. The van der Waals surface area contributed by atoms with Gasteiger partial charge < -0.3 is 15.5 Å². The fourth-order valence-corrected chi connectivity index (χ4v) is 1.58. The SMILES string of the molecule is CC(=O)NC(Cc1cc(Cl)ccc1O)C(=O)O. The van der Waals surface area contributed by atoms with Crippen LogP contribution in [0.15, 0.2) is 18.2 Å². The second kappa shape index (κ2) is 5.54. The number of hydrogen-bond donors (Lipinski definition) is 3. The van der Waals surface area contributed by atoms with Crippen molar-refractivity contribution < 1.29 is 19.8 Å². The number of carbonyl (C=O) groups excluding carboxylic acids is 1. The van der Waals surface area contributed by atoms with Crippen molar-refractivity contribution in [1.29, 1.82) is 0 Å². The van der Waals surface area contributed by atoms with Gasteiger partial charge in [-0.05, 0) is 23.8 Å². The molecular formula is C11H12ClNO4. The summed E-state index contributed by atoms with van der Waals surface area (Å²) in [6, 6.07) is 3.25. The van der Waals surface area contributed by atoms with Gasteiger partial charge in [0.2, 0.25) is 5.91 Å². The monoisotopic (exact) mass is 257 g/mol. The molecule has 6 heteroatoms. The average molecular weight is 258 g/mol. The maximum Gasteiger partial charge on any atom is 0.326 e. The number of nitrogens with one attached hydrogen (secondary N) is 1. The van der Waals surface area contributed by atoms with Crippen LogP contribution in [-0.4, -0.2) is 28.1 Å². The molecule has 92 valence electrons. The fourth-order valence-electron chi connectivity index (χ4n) is 1.38. The number of carbonyl (C=O) groups is 2. The minimum atomic E-state index is -1.17. The number of hydrogen-bond acceptors (Lipinski definition) is 3. The van der Waals surface area contributed by atoms with Crippen molar-refractivity contribution in [3.8, 4) is 5.75 Å². The van der Waals surface area contributed by atoms with E-state index in [1.54, 1.807) is 0 Å². The number of phenols is 1. The maximum absolute atomic E-state index is 10.9. The summed E-state index contributed by atoms with van der Waals surface area (Å²) < 4.78 is 0. The van der Waals surface area contributed by atoms with E-state index in [9.17, 15) is 14.7 Å². The van der Waals surface area contributed by atoms with E-state index < -0.39 is 17.9 Å². The molecule has 0 bridgehead atoms. The summed E-state index contributed by atoms with van der Waals surface area (Å²) >= 11 is 5.74. The molecule has 1 aromatic rings. The zero-order chi connectivity index (χ0) is 13.0. The van der Waals surface area contributed by atoms with Gasteiger partial charge in [0.15, 0.2) is 0 Å². The van der Waals surface area contributed by atoms with Crippen molar-refractivity contribution >= 4 is 23.5 Å². The van der Waals surface area contributed by atoms with Gasteiger partial charge >= 0.3 is 5.97 Å². The van der Waals surface area contributed by atoms with E-state index in [0.29, 0.717) is 10.6 Å². The van der Waals surface area contributed by atoms with Crippen molar-refractivity contribution in [2.45, 2.75) is 19.4 Å². The fraction of sp³-hybridized carbons (Fsp3) is 0.273. The molecule has 5 nitrogen and oxygen atoms in total. The molecule has 0 heterocycles. The van der Waals surface area contributed by atoms with E-state index in [0.717, 1.165) is 0 Å². The first kappa shape index (κ1) is 13.3. The lowest BCUT2D eigenvalue weighted by molar-refractivity contribution is -0.141. The molecule has 1 unspecified atom stereocenters. The third-order valence-electron chi connectivity index (χ3n) is 2.14. The summed E-state index contributed by atoms with van der Waals surface area (Å²) in [5, 5.41) is 21.1. The largest absolute Gasteiger partial charge is 0.508 e. The van der Waals surface area contributed by atoms with Gasteiger partial charge in [0, 0.05) is 18.4 Å². The van der Waals surface area contributed by atoms with Crippen LogP contribution in [0.25, 0.3) is 0 Å². The summed E-state index contributed by atoms with van der Waals surface area (Å²) in [6.45, 7) is 1.23. The number of aliphatic carboxylic acids is 1. The van der Waals surface area contributed by atoms with Crippen molar-refractivity contribution in [2.75, 3.05) is 0 Å². The second-order valence-electron chi connectivity index (χ2n) is 3.57. The smallest absolute Gasteiger partial charge is 0.326 e. The molecule has 0 aromatic heterocycles. The number of amides is 1. The van der Waals surface area contributed by atoms with Crippen LogP contribution in [0.1, 0.15) is 12.5 Å². The number of rotatable bonds is 4. The second-order valence-corrected chi connectivity index (χ2v) is 4.00.